The third-order valence-corrected chi connectivity index (χ3v) is 4.65. The van der Waals surface area contributed by atoms with E-state index in [0.717, 1.165) is 11.8 Å². The van der Waals surface area contributed by atoms with Crippen LogP contribution in [0.1, 0.15) is 72.1 Å². The smallest absolute Gasteiger partial charge is 0.0165 e. The van der Waals surface area contributed by atoms with Crippen molar-refractivity contribution >= 4 is 0 Å². The van der Waals surface area contributed by atoms with Crippen molar-refractivity contribution in [2.75, 3.05) is 0 Å². The van der Waals surface area contributed by atoms with Gasteiger partial charge in [-0.1, -0.05) is 62.0 Å². The highest BCUT2D eigenvalue weighted by atomic mass is 14.2. The van der Waals surface area contributed by atoms with E-state index in [-0.39, 0.29) is 0 Å². The highest BCUT2D eigenvalue weighted by molar-refractivity contribution is 5.31. The molecule has 0 spiro atoms. The molecule has 0 nitrogen and oxygen atoms in total. The number of hydrogen-bond donors (Lipinski definition) is 0. The average molecular weight is 260 g/mol. The topological polar surface area (TPSA) is 0 Å². The lowest BCUT2D eigenvalue weighted by Gasteiger charge is -2.26. The Kier molecular flexibility index (Phi) is 7.86. The Morgan fingerprint density at radius 3 is 2.58 bits per heavy atom. The summed E-state index contributed by atoms with van der Waals surface area (Å²) >= 11 is 0. The van der Waals surface area contributed by atoms with E-state index in [4.69, 9.17) is 0 Å². The van der Waals surface area contributed by atoms with Gasteiger partial charge in [0, 0.05) is 0 Å². The van der Waals surface area contributed by atoms with Gasteiger partial charge in [0.25, 0.3) is 0 Å². The number of hydrogen-bond acceptors (Lipinski definition) is 0. The number of allylic oxidation sites excluding steroid dienone is 5. The van der Waals surface area contributed by atoms with Crippen LogP contribution < -0.4 is 0 Å². The van der Waals surface area contributed by atoms with Crippen molar-refractivity contribution in [1.29, 1.82) is 0 Å². The Labute approximate surface area is 120 Å². The van der Waals surface area contributed by atoms with Crippen LogP contribution in [-0.4, -0.2) is 0 Å². The van der Waals surface area contributed by atoms with Crippen molar-refractivity contribution in [2.24, 2.45) is 11.8 Å². The summed E-state index contributed by atoms with van der Waals surface area (Å²) in [6.45, 7) is 10.6. The van der Waals surface area contributed by atoms with Crippen LogP contribution in [0.5, 0.6) is 0 Å². The molecule has 0 heterocycles. The minimum Gasteiger partial charge on any atom is -0.103 e. The number of unbranched alkanes of at least 4 members (excludes halogenated alkanes) is 4. The molecule has 1 rings (SSSR count). The monoisotopic (exact) mass is 260 g/mol. The maximum Gasteiger partial charge on any atom is -0.0165 e. The van der Waals surface area contributed by atoms with E-state index in [9.17, 15) is 0 Å². The molecular formula is C19H32. The van der Waals surface area contributed by atoms with Crippen LogP contribution >= 0.6 is 0 Å². The molecule has 0 aromatic rings. The second-order valence-corrected chi connectivity index (χ2v) is 6.08. The van der Waals surface area contributed by atoms with Crippen LogP contribution in [0.4, 0.5) is 0 Å². The van der Waals surface area contributed by atoms with Crippen molar-refractivity contribution in [3.05, 3.63) is 36.0 Å². The maximum atomic E-state index is 3.78. The minimum atomic E-state index is 0.793. The van der Waals surface area contributed by atoms with Crippen molar-refractivity contribution in [3.8, 4) is 0 Å². The normalized spacial score (nSPS) is 20.7. The highest BCUT2D eigenvalue weighted by Crippen LogP contribution is 2.32. The molecule has 1 aliphatic rings. The molecule has 0 saturated heterocycles. The minimum absolute atomic E-state index is 0.793. The van der Waals surface area contributed by atoms with Gasteiger partial charge in [0.1, 0.15) is 0 Å². The van der Waals surface area contributed by atoms with E-state index in [1.165, 1.54) is 62.5 Å². The van der Waals surface area contributed by atoms with Crippen LogP contribution in [0, 0.1) is 11.8 Å². The standard InChI is InChI=1S/C19H32/c1-5-7-8-9-10-11-12-18(6-2)19-14-13-16(3)17(4)15-19/h5,13,15,18-19H,1,6-12,14H2,2-4H3. The van der Waals surface area contributed by atoms with Crippen LogP contribution in [0.15, 0.2) is 36.0 Å². The summed E-state index contributed by atoms with van der Waals surface area (Å²) < 4.78 is 0. The first-order valence-electron chi connectivity index (χ1n) is 8.15. The predicted molar refractivity (Wildman–Crippen MR) is 87.3 cm³/mol. The fourth-order valence-electron chi connectivity index (χ4n) is 3.09. The van der Waals surface area contributed by atoms with E-state index in [1.807, 2.05) is 6.08 Å². The molecule has 0 radical (unpaired) electrons. The zero-order valence-electron chi connectivity index (χ0n) is 13.3. The Morgan fingerprint density at radius 2 is 1.95 bits per heavy atom. The first-order chi connectivity index (χ1) is 9.19. The van der Waals surface area contributed by atoms with Crippen LogP contribution in [-0.2, 0) is 0 Å². The fourth-order valence-corrected chi connectivity index (χ4v) is 3.09. The summed E-state index contributed by atoms with van der Waals surface area (Å²) in [5.74, 6) is 1.68. The number of rotatable bonds is 9. The molecule has 0 amide bonds. The van der Waals surface area contributed by atoms with Crippen LogP contribution in [0.3, 0.4) is 0 Å². The lowest BCUT2D eigenvalue weighted by Crippen LogP contribution is -2.14. The zero-order chi connectivity index (χ0) is 14.1. The lowest BCUT2D eigenvalue weighted by molar-refractivity contribution is 0.342. The summed E-state index contributed by atoms with van der Waals surface area (Å²) in [6.07, 6.45) is 17.7. The van der Waals surface area contributed by atoms with Gasteiger partial charge in [-0.3, -0.25) is 0 Å². The quantitative estimate of drug-likeness (QED) is 0.330. The van der Waals surface area contributed by atoms with Gasteiger partial charge >= 0.3 is 0 Å². The molecule has 0 fully saturated rings. The molecule has 0 aromatic heterocycles. The van der Waals surface area contributed by atoms with Crippen molar-refractivity contribution < 1.29 is 0 Å². The zero-order valence-corrected chi connectivity index (χ0v) is 13.3. The van der Waals surface area contributed by atoms with Gasteiger partial charge in [-0.15, -0.1) is 6.58 Å². The Morgan fingerprint density at radius 1 is 1.21 bits per heavy atom. The molecule has 0 aromatic carbocycles. The molecule has 1 aliphatic carbocycles. The van der Waals surface area contributed by atoms with Crippen LogP contribution in [0.2, 0.25) is 0 Å². The molecule has 108 valence electrons. The second-order valence-electron chi connectivity index (χ2n) is 6.08. The summed E-state index contributed by atoms with van der Waals surface area (Å²) in [7, 11) is 0. The van der Waals surface area contributed by atoms with Gasteiger partial charge in [0.05, 0.1) is 0 Å². The third-order valence-electron chi connectivity index (χ3n) is 4.65. The van der Waals surface area contributed by atoms with Gasteiger partial charge in [-0.25, -0.2) is 0 Å². The van der Waals surface area contributed by atoms with E-state index < -0.39 is 0 Å². The predicted octanol–water partition coefficient (Wildman–Crippen LogP) is 6.45. The van der Waals surface area contributed by atoms with E-state index in [1.54, 1.807) is 0 Å². The Bertz CT molecular complexity index is 319. The summed E-state index contributed by atoms with van der Waals surface area (Å²) in [5, 5.41) is 0. The molecule has 19 heavy (non-hydrogen) atoms. The molecule has 0 bridgehead atoms. The first kappa shape index (κ1) is 16.3. The molecular weight excluding hydrogens is 228 g/mol. The van der Waals surface area contributed by atoms with Gasteiger partial charge in [-0.2, -0.15) is 0 Å². The largest absolute Gasteiger partial charge is 0.103 e. The van der Waals surface area contributed by atoms with E-state index in [0.29, 0.717) is 0 Å². The molecule has 0 saturated carbocycles. The molecule has 0 aliphatic heterocycles. The van der Waals surface area contributed by atoms with E-state index >= 15 is 0 Å². The average Bonchev–Trinajstić information content (AvgIpc) is 2.41. The molecule has 2 unspecified atom stereocenters. The van der Waals surface area contributed by atoms with Gasteiger partial charge in [0.2, 0.25) is 0 Å². The van der Waals surface area contributed by atoms with Gasteiger partial charge < -0.3 is 0 Å². The van der Waals surface area contributed by atoms with Crippen molar-refractivity contribution in [1.82, 2.24) is 0 Å². The summed E-state index contributed by atoms with van der Waals surface area (Å²) in [4.78, 5) is 0. The lowest BCUT2D eigenvalue weighted by atomic mass is 9.79. The van der Waals surface area contributed by atoms with Gasteiger partial charge in [-0.05, 0) is 51.4 Å². The second kappa shape index (κ2) is 9.18. The maximum absolute atomic E-state index is 3.78. The Hall–Kier alpha value is -0.780. The summed E-state index contributed by atoms with van der Waals surface area (Å²) in [6, 6.07) is 0. The van der Waals surface area contributed by atoms with Crippen LogP contribution in [0.25, 0.3) is 0 Å². The third kappa shape index (κ3) is 5.80. The van der Waals surface area contributed by atoms with Crippen molar-refractivity contribution in [3.63, 3.8) is 0 Å². The van der Waals surface area contributed by atoms with Gasteiger partial charge in [0.15, 0.2) is 0 Å². The SMILES string of the molecule is C=CCCCCCCC(CC)C1C=C(C)C(C)=CC1. The molecule has 0 heteroatoms. The molecule has 0 N–H and O–H groups in total. The fraction of sp³-hybridized carbons (Fsp3) is 0.684. The summed E-state index contributed by atoms with van der Waals surface area (Å²) in [5.41, 5.74) is 2.98. The van der Waals surface area contributed by atoms with E-state index in [2.05, 4.69) is 39.5 Å². The first-order valence-corrected chi connectivity index (χ1v) is 8.15. The molecule has 2 atom stereocenters. The highest BCUT2D eigenvalue weighted by Gasteiger charge is 2.19. The Balaban J connectivity index is 2.28. The van der Waals surface area contributed by atoms with Crippen molar-refractivity contribution in [2.45, 2.75) is 72.1 Å².